The first-order valence-electron chi connectivity index (χ1n) is 16.5. The van der Waals surface area contributed by atoms with E-state index < -0.39 is 0 Å². The average molecular weight is 627 g/mol. The molecule has 230 valence electrons. The predicted octanol–water partition coefficient (Wildman–Crippen LogP) is 11.4. The summed E-state index contributed by atoms with van der Waals surface area (Å²) in [5.74, 6) is 0.650. The molecule has 9 rings (SSSR count). The molecule has 0 N–H and O–H groups in total. The lowest BCUT2D eigenvalue weighted by atomic mass is 9.96. The monoisotopic (exact) mass is 626 g/mol. The largest absolute Gasteiger partial charge is 0.251 e. The zero-order valence-corrected chi connectivity index (χ0v) is 26.9. The van der Waals surface area contributed by atoms with Gasteiger partial charge in [-0.25, -0.2) is 15.0 Å². The Morgan fingerprint density at radius 3 is 1.73 bits per heavy atom. The summed E-state index contributed by atoms with van der Waals surface area (Å²) in [7, 11) is 0. The number of hydrogen-bond acceptors (Lipinski definition) is 4. The maximum absolute atomic E-state index is 5.33. The second-order valence-corrected chi connectivity index (χ2v) is 12.4. The van der Waals surface area contributed by atoms with Crippen LogP contribution in [0.5, 0.6) is 0 Å². The number of hydrogen-bond donors (Lipinski definition) is 0. The zero-order chi connectivity index (χ0) is 32.7. The van der Waals surface area contributed by atoms with E-state index in [1.807, 2.05) is 37.3 Å². The normalized spacial score (nSPS) is 11.4. The van der Waals surface area contributed by atoms with E-state index in [2.05, 4.69) is 133 Å². The van der Waals surface area contributed by atoms with Crippen molar-refractivity contribution in [1.82, 2.24) is 19.9 Å². The van der Waals surface area contributed by atoms with Crippen molar-refractivity contribution >= 4 is 32.6 Å². The summed E-state index contributed by atoms with van der Waals surface area (Å²) in [6.07, 6.45) is 0. The molecule has 0 atom stereocenters. The molecule has 3 aromatic heterocycles. The summed E-state index contributed by atoms with van der Waals surface area (Å²) in [6.45, 7) is 2.03. The van der Waals surface area contributed by atoms with E-state index in [1.165, 1.54) is 16.3 Å². The molecule has 0 spiro atoms. The number of fused-ring (bicyclic) bond motifs is 4. The van der Waals surface area contributed by atoms with Gasteiger partial charge in [0.15, 0.2) is 5.82 Å². The highest BCUT2D eigenvalue weighted by molar-refractivity contribution is 6.09. The highest BCUT2D eigenvalue weighted by Crippen LogP contribution is 2.37. The van der Waals surface area contributed by atoms with Gasteiger partial charge in [-0.3, -0.25) is 4.98 Å². The molecule has 3 heterocycles. The molecular formula is C45H30N4. The van der Waals surface area contributed by atoms with E-state index in [0.29, 0.717) is 5.82 Å². The smallest absolute Gasteiger partial charge is 0.160 e. The Bertz CT molecular complexity index is 2650. The van der Waals surface area contributed by atoms with Crippen LogP contribution in [0.4, 0.5) is 0 Å². The Morgan fingerprint density at radius 1 is 0.347 bits per heavy atom. The highest BCUT2D eigenvalue weighted by Gasteiger charge is 2.17. The van der Waals surface area contributed by atoms with Gasteiger partial charge in [-0.15, -0.1) is 0 Å². The van der Waals surface area contributed by atoms with Crippen LogP contribution in [0, 0.1) is 6.92 Å². The maximum atomic E-state index is 5.33. The Kier molecular flexibility index (Phi) is 6.98. The van der Waals surface area contributed by atoms with Crippen molar-refractivity contribution in [2.24, 2.45) is 0 Å². The summed E-state index contributed by atoms with van der Waals surface area (Å²) < 4.78 is 0. The van der Waals surface area contributed by atoms with Gasteiger partial charge in [0.25, 0.3) is 0 Å². The first-order chi connectivity index (χ1) is 24.2. The maximum Gasteiger partial charge on any atom is 0.160 e. The summed E-state index contributed by atoms with van der Waals surface area (Å²) in [5.41, 5.74) is 11.6. The van der Waals surface area contributed by atoms with Crippen molar-refractivity contribution in [1.29, 1.82) is 0 Å². The average Bonchev–Trinajstić information content (AvgIpc) is 3.18. The Labute approximate surface area is 284 Å². The zero-order valence-electron chi connectivity index (χ0n) is 26.9. The molecule has 4 heteroatoms. The van der Waals surface area contributed by atoms with Crippen molar-refractivity contribution < 1.29 is 0 Å². The van der Waals surface area contributed by atoms with Gasteiger partial charge in [0.05, 0.1) is 28.1 Å². The van der Waals surface area contributed by atoms with E-state index in [9.17, 15) is 0 Å². The van der Waals surface area contributed by atoms with Crippen molar-refractivity contribution in [3.05, 3.63) is 169 Å². The fraction of sp³-hybridized carbons (Fsp3) is 0.0222. The first kappa shape index (κ1) is 28.7. The van der Waals surface area contributed by atoms with Gasteiger partial charge in [-0.2, -0.15) is 0 Å². The van der Waals surface area contributed by atoms with Crippen LogP contribution in [-0.2, 0) is 0 Å². The van der Waals surface area contributed by atoms with Gasteiger partial charge in [0.2, 0.25) is 0 Å². The predicted molar refractivity (Wildman–Crippen MR) is 202 cm³/mol. The van der Waals surface area contributed by atoms with E-state index in [4.69, 9.17) is 19.9 Å². The summed E-state index contributed by atoms with van der Waals surface area (Å²) in [4.78, 5) is 20.6. The molecule has 0 bridgehead atoms. The third-order valence-electron chi connectivity index (χ3n) is 9.15. The lowest BCUT2D eigenvalue weighted by molar-refractivity contribution is 1.17. The van der Waals surface area contributed by atoms with E-state index in [-0.39, 0.29) is 0 Å². The van der Waals surface area contributed by atoms with Crippen molar-refractivity contribution in [3.63, 3.8) is 0 Å². The van der Waals surface area contributed by atoms with Crippen LogP contribution < -0.4 is 0 Å². The topological polar surface area (TPSA) is 51.6 Å². The second kappa shape index (κ2) is 11.9. The standard InChI is InChI=1S/C45H30N4/c1-29-16-17-34-24-25-38-39(37-23-20-31-12-8-9-15-36(31)26-37)27-41(47-44(38)43(34)46-29)42-28-40(33-13-6-3-7-14-33)48-45(49-42)35-21-18-32(19-22-35)30-10-4-2-5-11-30/h2-28H,1H3. The number of aromatic nitrogens is 4. The van der Waals surface area contributed by atoms with Gasteiger partial charge < -0.3 is 0 Å². The number of benzene rings is 6. The molecule has 0 saturated carbocycles. The van der Waals surface area contributed by atoms with Crippen LogP contribution in [0.25, 0.3) is 88.9 Å². The van der Waals surface area contributed by atoms with Gasteiger partial charge in [0.1, 0.15) is 0 Å². The molecule has 49 heavy (non-hydrogen) atoms. The highest BCUT2D eigenvalue weighted by atomic mass is 14.9. The van der Waals surface area contributed by atoms with Gasteiger partial charge in [-0.05, 0) is 64.2 Å². The molecule has 0 saturated heterocycles. The molecule has 0 aliphatic heterocycles. The number of rotatable bonds is 5. The van der Waals surface area contributed by atoms with Gasteiger partial charge in [0, 0.05) is 27.6 Å². The Balaban J connectivity index is 1.28. The summed E-state index contributed by atoms with van der Waals surface area (Å²) >= 11 is 0. The first-order valence-corrected chi connectivity index (χ1v) is 16.5. The summed E-state index contributed by atoms with van der Waals surface area (Å²) in [5, 5.41) is 4.51. The van der Waals surface area contributed by atoms with Crippen LogP contribution in [0.2, 0.25) is 0 Å². The molecule has 4 nitrogen and oxygen atoms in total. The quantitative estimate of drug-likeness (QED) is 0.178. The van der Waals surface area contributed by atoms with Crippen LogP contribution in [-0.4, -0.2) is 19.9 Å². The molecule has 0 fully saturated rings. The van der Waals surface area contributed by atoms with Gasteiger partial charge >= 0.3 is 0 Å². The third-order valence-corrected chi connectivity index (χ3v) is 9.15. The van der Waals surface area contributed by atoms with Crippen LogP contribution in [0.1, 0.15) is 5.69 Å². The molecule has 0 amide bonds. The van der Waals surface area contributed by atoms with Crippen LogP contribution in [0.3, 0.4) is 0 Å². The SMILES string of the molecule is Cc1ccc2ccc3c(-c4ccc5ccccc5c4)cc(-c4cc(-c5ccccc5)nc(-c5ccc(-c6ccccc6)cc5)n4)nc3c2n1. The minimum atomic E-state index is 0.650. The summed E-state index contributed by atoms with van der Waals surface area (Å²) in [6, 6.07) is 57.0. The molecule has 6 aromatic carbocycles. The van der Waals surface area contributed by atoms with Crippen molar-refractivity contribution in [3.8, 4) is 56.3 Å². The van der Waals surface area contributed by atoms with Crippen LogP contribution >= 0.6 is 0 Å². The minimum Gasteiger partial charge on any atom is -0.251 e. The molecular weight excluding hydrogens is 597 g/mol. The third kappa shape index (κ3) is 5.39. The van der Waals surface area contributed by atoms with E-state index in [1.54, 1.807) is 0 Å². The van der Waals surface area contributed by atoms with E-state index in [0.717, 1.165) is 72.4 Å². The molecule has 9 aromatic rings. The fourth-order valence-corrected chi connectivity index (χ4v) is 6.60. The lowest BCUT2D eigenvalue weighted by Crippen LogP contribution is -1.99. The lowest BCUT2D eigenvalue weighted by Gasteiger charge is -2.14. The van der Waals surface area contributed by atoms with Crippen LogP contribution in [0.15, 0.2) is 164 Å². The van der Waals surface area contributed by atoms with E-state index >= 15 is 0 Å². The Morgan fingerprint density at radius 2 is 0.939 bits per heavy atom. The fourth-order valence-electron chi connectivity index (χ4n) is 6.60. The van der Waals surface area contributed by atoms with Crippen molar-refractivity contribution in [2.45, 2.75) is 6.92 Å². The number of nitrogens with zero attached hydrogens (tertiary/aromatic N) is 4. The van der Waals surface area contributed by atoms with Crippen molar-refractivity contribution in [2.75, 3.05) is 0 Å². The number of pyridine rings is 2. The second-order valence-electron chi connectivity index (χ2n) is 12.4. The molecule has 0 unspecified atom stereocenters. The molecule has 0 aliphatic carbocycles. The van der Waals surface area contributed by atoms with Gasteiger partial charge in [-0.1, -0.05) is 140 Å². The Hall–Kier alpha value is -6.52. The molecule has 0 aliphatic rings. The minimum absolute atomic E-state index is 0.650. The number of aryl methyl sites for hydroxylation is 1. The molecule has 0 radical (unpaired) electrons.